The van der Waals surface area contributed by atoms with E-state index in [0.29, 0.717) is 0 Å². The highest BCUT2D eigenvalue weighted by Crippen LogP contribution is 2.19. The number of halogens is 1. The lowest BCUT2D eigenvalue weighted by molar-refractivity contribution is 1.08. The highest BCUT2D eigenvalue weighted by Gasteiger charge is 1.99. The van der Waals surface area contributed by atoms with Gasteiger partial charge in [0, 0.05) is 10.4 Å². The first-order valence-corrected chi connectivity index (χ1v) is 4.24. The van der Waals surface area contributed by atoms with Gasteiger partial charge in [-0.2, -0.15) is 0 Å². The molecule has 0 spiro atoms. The van der Waals surface area contributed by atoms with Gasteiger partial charge >= 0.3 is 0 Å². The fourth-order valence-electron chi connectivity index (χ4n) is 0.873. The Morgan fingerprint density at radius 1 is 1.45 bits per heavy atom. The lowest BCUT2D eigenvalue weighted by Crippen LogP contribution is -1.87. The zero-order valence-electron chi connectivity index (χ0n) is 6.26. The quantitative estimate of drug-likeness (QED) is 0.654. The third-order valence-corrected chi connectivity index (χ3v) is 2.05. The number of benzene rings is 1. The Morgan fingerprint density at radius 2 is 2.18 bits per heavy atom. The SMILES string of the molecule is [CH2]C(C=C)c1cccc(Br)c1. The molecule has 0 nitrogen and oxygen atoms in total. The zero-order valence-corrected chi connectivity index (χ0v) is 7.84. The van der Waals surface area contributed by atoms with Crippen LogP contribution in [0, 0.1) is 6.92 Å². The summed E-state index contributed by atoms with van der Waals surface area (Å²) < 4.78 is 1.09. The van der Waals surface area contributed by atoms with Gasteiger partial charge in [-0.05, 0) is 24.6 Å². The van der Waals surface area contributed by atoms with Crippen molar-refractivity contribution in [3.05, 3.63) is 53.9 Å². The number of hydrogen-bond acceptors (Lipinski definition) is 0. The van der Waals surface area contributed by atoms with Crippen molar-refractivity contribution in [2.75, 3.05) is 0 Å². The summed E-state index contributed by atoms with van der Waals surface area (Å²) in [5.41, 5.74) is 1.19. The van der Waals surface area contributed by atoms with Gasteiger partial charge in [-0.3, -0.25) is 0 Å². The van der Waals surface area contributed by atoms with Crippen LogP contribution in [0.2, 0.25) is 0 Å². The molecule has 0 aliphatic rings. The minimum atomic E-state index is 0.187. The highest BCUT2D eigenvalue weighted by atomic mass is 79.9. The van der Waals surface area contributed by atoms with Crippen LogP contribution in [-0.4, -0.2) is 0 Å². The molecule has 0 aliphatic heterocycles. The zero-order chi connectivity index (χ0) is 8.27. The summed E-state index contributed by atoms with van der Waals surface area (Å²) in [7, 11) is 0. The summed E-state index contributed by atoms with van der Waals surface area (Å²) in [6.45, 7) is 7.62. The molecule has 1 atom stereocenters. The molecule has 1 aromatic rings. The largest absolute Gasteiger partial charge is 0.102 e. The van der Waals surface area contributed by atoms with E-state index in [1.807, 2.05) is 24.3 Å². The third-order valence-electron chi connectivity index (χ3n) is 1.56. The lowest BCUT2D eigenvalue weighted by Gasteiger charge is -2.05. The molecule has 0 amide bonds. The van der Waals surface area contributed by atoms with E-state index >= 15 is 0 Å². The van der Waals surface area contributed by atoms with Crippen LogP contribution in [0.25, 0.3) is 0 Å². The van der Waals surface area contributed by atoms with Crippen LogP contribution in [0.1, 0.15) is 11.5 Å². The number of allylic oxidation sites excluding steroid dienone is 1. The van der Waals surface area contributed by atoms with Gasteiger partial charge < -0.3 is 0 Å². The molecule has 0 fully saturated rings. The van der Waals surface area contributed by atoms with Gasteiger partial charge in [0.2, 0.25) is 0 Å². The van der Waals surface area contributed by atoms with Crippen molar-refractivity contribution in [1.82, 2.24) is 0 Å². The maximum atomic E-state index is 3.93. The summed E-state index contributed by atoms with van der Waals surface area (Å²) in [5.74, 6) is 0.187. The predicted octanol–water partition coefficient (Wildman–Crippen LogP) is 3.55. The van der Waals surface area contributed by atoms with E-state index < -0.39 is 0 Å². The maximum absolute atomic E-state index is 3.93. The molecule has 0 heterocycles. The molecule has 1 unspecified atom stereocenters. The Labute approximate surface area is 76.1 Å². The minimum Gasteiger partial charge on any atom is -0.102 e. The van der Waals surface area contributed by atoms with Gasteiger partial charge in [0.25, 0.3) is 0 Å². The van der Waals surface area contributed by atoms with E-state index in [0.717, 1.165) is 4.47 Å². The van der Waals surface area contributed by atoms with E-state index in [1.54, 1.807) is 0 Å². The molecular formula is C10H10Br. The lowest BCUT2D eigenvalue weighted by atomic mass is 10.0. The summed E-state index contributed by atoms with van der Waals surface area (Å²) >= 11 is 3.40. The van der Waals surface area contributed by atoms with E-state index in [2.05, 4.69) is 35.5 Å². The van der Waals surface area contributed by atoms with E-state index in [4.69, 9.17) is 0 Å². The predicted molar refractivity (Wildman–Crippen MR) is 52.4 cm³/mol. The average molecular weight is 210 g/mol. The Bertz CT molecular complexity index is 253. The normalized spacial score (nSPS) is 12.5. The molecule has 11 heavy (non-hydrogen) atoms. The van der Waals surface area contributed by atoms with Crippen LogP contribution in [0.15, 0.2) is 41.4 Å². The van der Waals surface area contributed by atoms with Crippen LogP contribution < -0.4 is 0 Å². The Hall–Kier alpha value is -0.560. The highest BCUT2D eigenvalue weighted by molar-refractivity contribution is 9.10. The van der Waals surface area contributed by atoms with E-state index in [-0.39, 0.29) is 5.92 Å². The first kappa shape index (κ1) is 8.54. The van der Waals surface area contributed by atoms with Crippen molar-refractivity contribution in [1.29, 1.82) is 0 Å². The van der Waals surface area contributed by atoms with Gasteiger partial charge in [0.15, 0.2) is 0 Å². The third kappa shape index (κ3) is 2.19. The fraction of sp³-hybridized carbons (Fsp3) is 0.100. The first-order chi connectivity index (χ1) is 5.24. The number of hydrogen-bond donors (Lipinski definition) is 0. The molecule has 1 rings (SSSR count). The summed E-state index contributed by atoms with van der Waals surface area (Å²) in [5, 5.41) is 0. The second kappa shape index (κ2) is 3.72. The van der Waals surface area contributed by atoms with Crippen LogP contribution in [0.4, 0.5) is 0 Å². The van der Waals surface area contributed by atoms with Gasteiger partial charge in [0.05, 0.1) is 0 Å². The topological polar surface area (TPSA) is 0 Å². The van der Waals surface area contributed by atoms with Crippen LogP contribution >= 0.6 is 15.9 Å². The summed E-state index contributed by atoms with van der Waals surface area (Å²) in [6, 6.07) is 8.10. The molecule has 1 heteroatoms. The maximum Gasteiger partial charge on any atom is 0.0178 e. The number of rotatable bonds is 2. The summed E-state index contributed by atoms with van der Waals surface area (Å²) in [6.07, 6.45) is 1.84. The Balaban J connectivity index is 2.95. The summed E-state index contributed by atoms with van der Waals surface area (Å²) in [4.78, 5) is 0. The molecule has 0 bridgehead atoms. The molecule has 57 valence electrons. The molecule has 0 aromatic heterocycles. The fourth-order valence-corrected chi connectivity index (χ4v) is 1.29. The van der Waals surface area contributed by atoms with Crippen molar-refractivity contribution in [2.45, 2.75) is 5.92 Å². The first-order valence-electron chi connectivity index (χ1n) is 3.45. The van der Waals surface area contributed by atoms with Crippen molar-refractivity contribution < 1.29 is 0 Å². The van der Waals surface area contributed by atoms with Crippen LogP contribution in [-0.2, 0) is 0 Å². The smallest absolute Gasteiger partial charge is 0.0178 e. The minimum absolute atomic E-state index is 0.187. The van der Waals surface area contributed by atoms with Crippen LogP contribution in [0.5, 0.6) is 0 Å². The monoisotopic (exact) mass is 209 g/mol. The van der Waals surface area contributed by atoms with E-state index in [9.17, 15) is 0 Å². The van der Waals surface area contributed by atoms with Crippen molar-refractivity contribution in [2.24, 2.45) is 0 Å². The molecule has 0 saturated carbocycles. The van der Waals surface area contributed by atoms with Crippen LogP contribution in [0.3, 0.4) is 0 Å². The van der Waals surface area contributed by atoms with Crippen molar-refractivity contribution in [3.63, 3.8) is 0 Å². The second-order valence-electron chi connectivity index (χ2n) is 2.40. The van der Waals surface area contributed by atoms with Crippen molar-refractivity contribution in [3.8, 4) is 0 Å². The Kier molecular flexibility index (Phi) is 2.89. The van der Waals surface area contributed by atoms with Gasteiger partial charge in [-0.25, -0.2) is 0 Å². The Morgan fingerprint density at radius 3 is 2.73 bits per heavy atom. The molecule has 0 N–H and O–H groups in total. The average Bonchev–Trinajstić information content (AvgIpc) is 2.03. The molecule has 0 aliphatic carbocycles. The molecule has 0 saturated heterocycles. The van der Waals surface area contributed by atoms with Gasteiger partial charge in [0.1, 0.15) is 0 Å². The standard InChI is InChI=1S/C10H10Br/c1-3-8(2)9-5-4-6-10(11)7-9/h3-8H,1-2H2. The van der Waals surface area contributed by atoms with Crippen molar-refractivity contribution >= 4 is 15.9 Å². The second-order valence-corrected chi connectivity index (χ2v) is 3.31. The van der Waals surface area contributed by atoms with Gasteiger partial charge in [-0.1, -0.05) is 34.1 Å². The van der Waals surface area contributed by atoms with E-state index in [1.165, 1.54) is 5.56 Å². The molecule has 1 aromatic carbocycles. The molecule has 1 radical (unpaired) electrons. The molecular weight excluding hydrogens is 200 g/mol. The van der Waals surface area contributed by atoms with Gasteiger partial charge in [-0.15, -0.1) is 6.58 Å².